The van der Waals surface area contributed by atoms with Crippen molar-refractivity contribution in [1.82, 2.24) is 19.5 Å². The highest BCUT2D eigenvalue weighted by atomic mass is 35.5. The minimum atomic E-state index is -4.37. The van der Waals surface area contributed by atoms with Crippen molar-refractivity contribution in [3.8, 4) is 11.5 Å². The lowest BCUT2D eigenvalue weighted by Crippen LogP contribution is -2.17. The van der Waals surface area contributed by atoms with Gasteiger partial charge in [0.25, 0.3) is 0 Å². The van der Waals surface area contributed by atoms with Crippen molar-refractivity contribution in [2.24, 2.45) is 0 Å². The number of ether oxygens (including phenoxy) is 1. The zero-order valence-electron chi connectivity index (χ0n) is 16.3. The van der Waals surface area contributed by atoms with Gasteiger partial charge < -0.3 is 19.6 Å². The Balaban J connectivity index is 1.43. The molecule has 5 aromatic rings. The number of anilines is 2. The Hall–Kier alpha value is -3.72. The van der Waals surface area contributed by atoms with E-state index in [0.717, 1.165) is 15.5 Å². The highest BCUT2D eigenvalue weighted by Crippen LogP contribution is 2.36. The Morgan fingerprint density at radius 3 is 2.75 bits per heavy atom. The standard InChI is InChI=1S/C22H15ClF3N5O/c23-15-10-13(4-5-19(15)32-18-3-1-2-16-14(18)6-8-27-16)30-21-20-17(28-12-29-21)7-9-31(20)11-22(24,25)26/h1-10,12,27H,11H2,(H,28,29,30). The van der Waals surface area contributed by atoms with E-state index in [9.17, 15) is 13.2 Å². The fraction of sp³-hybridized carbons (Fsp3) is 0.0909. The lowest BCUT2D eigenvalue weighted by atomic mass is 10.2. The van der Waals surface area contributed by atoms with Crippen LogP contribution in [0.15, 0.2) is 67.3 Å². The predicted molar refractivity (Wildman–Crippen MR) is 117 cm³/mol. The Bertz CT molecular complexity index is 1430. The van der Waals surface area contributed by atoms with Crippen LogP contribution in [-0.4, -0.2) is 25.7 Å². The number of aromatic amines is 1. The van der Waals surface area contributed by atoms with Gasteiger partial charge in [-0.2, -0.15) is 13.2 Å². The van der Waals surface area contributed by atoms with E-state index in [1.54, 1.807) is 18.2 Å². The minimum Gasteiger partial charge on any atom is -0.455 e. The molecule has 0 aliphatic carbocycles. The second kappa shape index (κ2) is 7.76. The number of fused-ring (bicyclic) bond motifs is 2. The van der Waals surface area contributed by atoms with Crippen molar-refractivity contribution in [2.75, 3.05) is 5.32 Å². The molecule has 3 aromatic heterocycles. The van der Waals surface area contributed by atoms with Crippen molar-refractivity contribution in [3.63, 3.8) is 0 Å². The molecule has 0 bridgehead atoms. The summed E-state index contributed by atoms with van der Waals surface area (Å²) in [5.41, 5.74) is 2.13. The quantitative estimate of drug-likeness (QED) is 0.309. The third-order valence-corrected chi connectivity index (χ3v) is 5.16. The fourth-order valence-corrected chi connectivity index (χ4v) is 3.73. The maximum atomic E-state index is 12.9. The number of alkyl halides is 3. The number of rotatable bonds is 5. The maximum Gasteiger partial charge on any atom is 0.406 e. The lowest BCUT2D eigenvalue weighted by molar-refractivity contribution is -0.139. The van der Waals surface area contributed by atoms with Crippen LogP contribution in [0.1, 0.15) is 0 Å². The largest absolute Gasteiger partial charge is 0.455 e. The van der Waals surface area contributed by atoms with Crippen LogP contribution in [0.2, 0.25) is 5.02 Å². The summed E-state index contributed by atoms with van der Waals surface area (Å²) in [5, 5.41) is 4.28. The molecule has 0 aliphatic heterocycles. The van der Waals surface area contributed by atoms with Gasteiger partial charge in [-0.25, -0.2) is 9.97 Å². The first-order valence-corrected chi connectivity index (χ1v) is 9.92. The third kappa shape index (κ3) is 3.94. The topological polar surface area (TPSA) is 67.8 Å². The summed E-state index contributed by atoms with van der Waals surface area (Å²) in [6.45, 7) is -1.14. The summed E-state index contributed by atoms with van der Waals surface area (Å²) < 4.78 is 45.9. The van der Waals surface area contributed by atoms with Crippen molar-refractivity contribution >= 4 is 45.0 Å². The van der Waals surface area contributed by atoms with Crippen LogP contribution >= 0.6 is 11.6 Å². The summed E-state index contributed by atoms with van der Waals surface area (Å²) in [5.74, 6) is 1.33. The molecule has 0 saturated carbocycles. The van der Waals surface area contributed by atoms with Gasteiger partial charge in [0, 0.05) is 29.0 Å². The summed E-state index contributed by atoms with van der Waals surface area (Å²) in [4.78, 5) is 11.3. The second-order valence-corrected chi connectivity index (χ2v) is 7.49. The van der Waals surface area contributed by atoms with Crippen LogP contribution < -0.4 is 10.1 Å². The SMILES string of the molecule is FC(F)(F)Cn1ccc2ncnc(Nc3ccc(Oc4cccc5[nH]ccc45)c(Cl)c3)c21. The van der Waals surface area contributed by atoms with Gasteiger partial charge in [-0.3, -0.25) is 0 Å². The Kier molecular flexibility index (Phi) is 4.90. The minimum absolute atomic E-state index is 0.242. The summed E-state index contributed by atoms with van der Waals surface area (Å²) in [6, 6.07) is 14.1. The molecule has 0 unspecified atom stereocenters. The molecule has 2 aromatic carbocycles. The third-order valence-electron chi connectivity index (χ3n) is 4.87. The molecule has 0 spiro atoms. The molecule has 0 amide bonds. The highest BCUT2D eigenvalue weighted by molar-refractivity contribution is 6.32. The molecular weight excluding hydrogens is 443 g/mol. The number of aromatic nitrogens is 4. The number of nitrogens with one attached hydrogen (secondary N) is 2. The first kappa shape index (κ1) is 20.2. The Morgan fingerprint density at radius 2 is 1.94 bits per heavy atom. The van der Waals surface area contributed by atoms with Gasteiger partial charge in [-0.15, -0.1) is 0 Å². The molecule has 0 saturated heterocycles. The van der Waals surface area contributed by atoms with Crippen LogP contribution in [-0.2, 0) is 6.54 Å². The first-order chi connectivity index (χ1) is 15.4. The van der Waals surface area contributed by atoms with Gasteiger partial charge in [-0.1, -0.05) is 17.7 Å². The fourth-order valence-electron chi connectivity index (χ4n) is 3.51. The van der Waals surface area contributed by atoms with Gasteiger partial charge in [0.2, 0.25) is 0 Å². The van der Waals surface area contributed by atoms with Crippen molar-refractivity contribution < 1.29 is 17.9 Å². The van der Waals surface area contributed by atoms with E-state index < -0.39 is 12.7 Å². The van der Waals surface area contributed by atoms with E-state index >= 15 is 0 Å². The smallest absolute Gasteiger partial charge is 0.406 e. The zero-order valence-corrected chi connectivity index (χ0v) is 17.1. The second-order valence-electron chi connectivity index (χ2n) is 7.08. The average Bonchev–Trinajstić information content (AvgIpc) is 3.37. The van der Waals surface area contributed by atoms with E-state index in [1.807, 2.05) is 30.5 Å². The molecule has 3 heterocycles. The van der Waals surface area contributed by atoms with Gasteiger partial charge in [0.1, 0.15) is 29.9 Å². The molecule has 10 heteroatoms. The highest BCUT2D eigenvalue weighted by Gasteiger charge is 2.29. The Labute approximate surface area is 184 Å². The number of hydrogen-bond acceptors (Lipinski definition) is 4. The zero-order chi connectivity index (χ0) is 22.3. The number of H-pyrrole nitrogens is 1. The summed E-state index contributed by atoms with van der Waals surface area (Å²) >= 11 is 6.43. The Morgan fingerprint density at radius 1 is 1.06 bits per heavy atom. The van der Waals surface area contributed by atoms with Crippen LogP contribution in [0.5, 0.6) is 11.5 Å². The van der Waals surface area contributed by atoms with Crippen molar-refractivity contribution in [3.05, 3.63) is 72.3 Å². The van der Waals surface area contributed by atoms with E-state index in [2.05, 4.69) is 20.3 Å². The molecule has 6 nitrogen and oxygen atoms in total. The number of benzene rings is 2. The van der Waals surface area contributed by atoms with E-state index in [1.165, 1.54) is 18.6 Å². The van der Waals surface area contributed by atoms with E-state index in [-0.39, 0.29) is 11.3 Å². The van der Waals surface area contributed by atoms with Crippen molar-refractivity contribution in [1.29, 1.82) is 0 Å². The number of hydrogen-bond donors (Lipinski definition) is 2. The molecule has 5 rings (SSSR count). The summed E-state index contributed by atoms with van der Waals surface area (Å²) in [6.07, 6.45) is 0.0791. The normalized spacial score (nSPS) is 11.9. The predicted octanol–water partition coefficient (Wildman–Crippen LogP) is 6.66. The molecule has 0 aliphatic rings. The van der Waals surface area contributed by atoms with Gasteiger partial charge >= 0.3 is 6.18 Å². The number of halogens is 4. The lowest BCUT2D eigenvalue weighted by Gasteiger charge is -2.13. The molecule has 32 heavy (non-hydrogen) atoms. The van der Waals surface area contributed by atoms with Gasteiger partial charge in [-0.05, 0) is 42.5 Å². The molecular formula is C22H15ClF3N5O. The monoisotopic (exact) mass is 457 g/mol. The average molecular weight is 458 g/mol. The summed E-state index contributed by atoms with van der Waals surface area (Å²) in [7, 11) is 0. The molecule has 0 radical (unpaired) electrons. The molecule has 0 atom stereocenters. The van der Waals surface area contributed by atoms with Crippen LogP contribution in [0.4, 0.5) is 24.7 Å². The molecule has 0 fully saturated rings. The van der Waals surface area contributed by atoms with E-state index in [4.69, 9.17) is 16.3 Å². The van der Waals surface area contributed by atoms with Crippen molar-refractivity contribution in [2.45, 2.75) is 12.7 Å². The van der Waals surface area contributed by atoms with Crippen LogP contribution in [0.3, 0.4) is 0 Å². The van der Waals surface area contributed by atoms with Gasteiger partial charge in [0.15, 0.2) is 5.82 Å². The van der Waals surface area contributed by atoms with Crippen LogP contribution in [0.25, 0.3) is 21.9 Å². The van der Waals surface area contributed by atoms with Gasteiger partial charge in [0.05, 0.1) is 10.5 Å². The number of nitrogens with zero attached hydrogens (tertiary/aromatic N) is 3. The molecule has 2 N–H and O–H groups in total. The maximum absolute atomic E-state index is 12.9. The molecule has 162 valence electrons. The first-order valence-electron chi connectivity index (χ1n) is 9.54. The van der Waals surface area contributed by atoms with E-state index in [0.29, 0.717) is 27.7 Å². The van der Waals surface area contributed by atoms with Crippen LogP contribution in [0, 0.1) is 0 Å².